The van der Waals surface area contributed by atoms with Gasteiger partial charge in [0.15, 0.2) is 16.9 Å². The maximum absolute atomic E-state index is 14.5. The summed E-state index contributed by atoms with van der Waals surface area (Å²) in [5, 5.41) is 12.2. The minimum absolute atomic E-state index is 0.0657. The van der Waals surface area contributed by atoms with Crippen LogP contribution in [-0.4, -0.2) is 68.5 Å². The molecule has 2 amide bonds. The Balaban J connectivity index is 0.985. The van der Waals surface area contributed by atoms with Crippen molar-refractivity contribution in [2.75, 3.05) is 23.9 Å². The first-order valence-corrected chi connectivity index (χ1v) is 23.9. The van der Waals surface area contributed by atoms with E-state index in [1.807, 2.05) is 115 Å². The van der Waals surface area contributed by atoms with Crippen LogP contribution < -0.4 is 10.6 Å². The number of carbonyl (C=O) groups is 4. The molecule has 0 unspecified atom stereocenters. The van der Waals surface area contributed by atoms with Crippen LogP contribution in [0, 0.1) is 0 Å². The van der Waals surface area contributed by atoms with Crippen molar-refractivity contribution in [3.63, 3.8) is 0 Å². The molecule has 3 aliphatic heterocycles. The first-order valence-electron chi connectivity index (χ1n) is 20.2. The van der Waals surface area contributed by atoms with Crippen LogP contribution in [0.5, 0.6) is 0 Å². The number of esters is 1. The monoisotopic (exact) mass is 921 g/mol. The summed E-state index contributed by atoms with van der Waals surface area (Å²) in [4.78, 5) is 68.0. The van der Waals surface area contributed by atoms with Crippen LogP contribution in [0.3, 0.4) is 0 Å². The molecule has 0 radical (unpaired) electrons. The molecule has 1 saturated heterocycles. The molecule has 0 aliphatic carbocycles. The summed E-state index contributed by atoms with van der Waals surface area (Å²) in [6.45, 7) is 0. The summed E-state index contributed by atoms with van der Waals surface area (Å²) >= 11 is 5.19. The molecule has 6 aromatic rings. The van der Waals surface area contributed by atoms with Gasteiger partial charge in [0.1, 0.15) is 35.5 Å². The molecule has 3 aliphatic rings. The Morgan fingerprint density at radius 1 is 0.797 bits per heavy atom. The highest BCUT2D eigenvalue weighted by molar-refractivity contribution is 8.17. The van der Waals surface area contributed by atoms with Gasteiger partial charge in [-0.05, 0) is 27.8 Å². The number of hydrogen-bond acceptors (Lipinski definition) is 13. The van der Waals surface area contributed by atoms with E-state index in [9.17, 15) is 19.2 Å². The number of carbonyl (C=O) groups excluding carboxylic acids is 4. The average molecular weight is 922 g/mol. The lowest BCUT2D eigenvalue weighted by atomic mass is 9.77. The highest BCUT2D eigenvalue weighted by atomic mass is 32.2. The first kappa shape index (κ1) is 42.9. The van der Waals surface area contributed by atoms with E-state index in [2.05, 4.69) is 52.2 Å². The van der Waals surface area contributed by atoms with E-state index >= 15 is 0 Å². The van der Waals surface area contributed by atoms with Crippen LogP contribution in [0.25, 0.3) is 0 Å². The Labute approximate surface area is 386 Å². The Morgan fingerprint density at radius 3 is 1.86 bits per heavy atom. The number of anilines is 1. The maximum atomic E-state index is 14.5. The van der Waals surface area contributed by atoms with Gasteiger partial charge in [0.05, 0.1) is 0 Å². The van der Waals surface area contributed by atoms with Crippen molar-refractivity contribution >= 4 is 80.4 Å². The molecule has 11 nitrogen and oxygen atoms in total. The molecule has 1 fully saturated rings. The van der Waals surface area contributed by atoms with E-state index in [1.165, 1.54) is 58.6 Å². The van der Waals surface area contributed by atoms with Gasteiger partial charge in [0.25, 0.3) is 11.8 Å². The molecule has 2 atom stereocenters. The predicted octanol–water partition coefficient (Wildman–Crippen LogP) is 8.73. The quantitative estimate of drug-likeness (QED) is 0.0336. The van der Waals surface area contributed by atoms with Gasteiger partial charge >= 0.3 is 5.97 Å². The highest BCUT2D eigenvalue weighted by Gasteiger charge is 2.55. The number of rotatable bonds is 15. The Hall–Kier alpha value is -6.39. The van der Waals surface area contributed by atoms with Gasteiger partial charge < -0.3 is 20.2 Å². The molecular weight excluding hydrogens is 883 g/mol. The van der Waals surface area contributed by atoms with Crippen molar-refractivity contribution in [3.8, 4) is 0 Å². The number of oxime groups is 1. The lowest BCUT2D eigenvalue weighted by Crippen LogP contribution is -2.71. The first-order chi connectivity index (χ1) is 31.3. The largest absolute Gasteiger partial charge is 0.448 e. The summed E-state index contributed by atoms with van der Waals surface area (Å²) in [5.74, 6) is -1.06. The van der Waals surface area contributed by atoms with E-state index < -0.39 is 40.8 Å². The van der Waals surface area contributed by atoms with Crippen LogP contribution in [-0.2, 0) is 34.3 Å². The fourth-order valence-corrected chi connectivity index (χ4v) is 12.1. The third kappa shape index (κ3) is 8.63. The number of β-lactam (4-membered cyclic amide) rings is 1. The maximum Gasteiger partial charge on any atom is 0.356 e. The van der Waals surface area contributed by atoms with Gasteiger partial charge in [0.2, 0.25) is 5.12 Å². The summed E-state index contributed by atoms with van der Waals surface area (Å²) in [5.41, 5.74) is 3.79. The van der Waals surface area contributed by atoms with Crippen LogP contribution >= 0.6 is 46.6 Å². The average Bonchev–Trinajstić information content (AvgIpc) is 3.99. The number of nitrogens with zero attached hydrogens (tertiary/aromatic N) is 3. The Kier molecular flexibility index (Phi) is 12.8. The van der Waals surface area contributed by atoms with Gasteiger partial charge in [-0.15, -0.1) is 23.1 Å². The zero-order chi connectivity index (χ0) is 44.0. The molecule has 5 aromatic carbocycles. The third-order valence-electron chi connectivity index (χ3n) is 10.8. The number of thioether (sulfide) groups is 3. The molecule has 0 saturated carbocycles. The normalized spacial score (nSPS) is 17.4. The molecule has 1 aromatic heterocycles. The number of ether oxygens (including phenoxy) is 1. The SMILES string of the molecule is CON=C(C(=O)N[C@@H]1C(=O)N2C(C(=O)OC(c3ccccc3)c3ccccc3)=C(SC3=CC(=O)SC3)CS[C@H]12)c1csc(NC(c2ccccc2)(c2ccccc2)c2ccccc2)n1. The number of amides is 2. The van der Waals surface area contributed by atoms with Crippen molar-refractivity contribution in [1.29, 1.82) is 0 Å². The topological polar surface area (TPSA) is 139 Å². The van der Waals surface area contributed by atoms with Crippen molar-refractivity contribution in [3.05, 3.63) is 212 Å². The summed E-state index contributed by atoms with van der Waals surface area (Å²) in [6, 6.07) is 48.1. The molecule has 4 heterocycles. The fraction of sp³-hybridized carbons (Fsp3) is 0.143. The zero-order valence-electron chi connectivity index (χ0n) is 34.2. The summed E-state index contributed by atoms with van der Waals surface area (Å²) < 4.78 is 6.30. The molecule has 9 rings (SSSR count). The standard InChI is InChI=1S/C49H39N5O6S4/c1-59-53-40(37-29-63-48(50-37)52-49(33-21-11-4-12-22-33,34-23-13-5-14-24-34)35-25-15-6-16-26-35)44(56)51-41-45(57)54-42(38(30-62-46(41)54)64-36-27-39(55)61-28-36)47(58)60-43(31-17-7-2-8-18-31)32-19-9-3-10-20-32/h2-27,29,41,43,46H,28,30H2,1H3,(H,50,52)(H,51,56)/t41-,46-/m1/s1. The van der Waals surface area contributed by atoms with Crippen molar-refractivity contribution in [2.24, 2.45) is 5.16 Å². The van der Waals surface area contributed by atoms with Gasteiger partial charge in [-0.3, -0.25) is 19.3 Å². The number of aromatic nitrogens is 1. The van der Waals surface area contributed by atoms with Crippen molar-refractivity contribution in [2.45, 2.75) is 23.1 Å². The molecule has 64 heavy (non-hydrogen) atoms. The molecule has 2 N–H and O–H groups in total. The minimum Gasteiger partial charge on any atom is -0.448 e. The van der Waals surface area contributed by atoms with Gasteiger partial charge in [-0.25, -0.2) is 9.78 Å². The smallest absolute Gasteiger partial charge is 0.356 e. The molecule has 320 valence electrons. The van der Waals surface area contributed by atoms with E-state index in [0.29, 0.717) is 21.5 Å². The van der Waals surface area contributed by atoms with Gasteiger partial charge in [-0.1, -0.05) is 180 Å². The molecule has 0 bridgehead atoms. The fourth-order valence-electron chi connectivity index (χ4n) is 7.87. The number of nitrogens with one attached hydrogen (secondary N) is 2. The highest BCUT2D eigenvalue weighted by Crippen LogP contribution is 2.47. The van der Waals surface area contributed by atoms with Crippen molar-refractivity contribution in [1.82, 2.24) is 15.2 Å². The predicted molar refractivity (Wildman–Crippen MR) is 254 cm³/mol. The van der Waals surface area contributed by atoms with Crippen LogP contribution in [0.2, 0.25) is 0 Å². The van der Waals surface area contributed by atoms with E-state index in [4.69, 9.17) is 14.6 Å². The van der Waals surface area contributed by atoms with Crippen molar-refractivity contribution < 1.29 is 28.8 Å². The molecular formula is C49H39N5O6S4. The number of fused-ring (bicyclic) bond motifs is 1. The third-order valence-corrected chi connectivity index (χ3v) is 15.2. The number of thiazole rings is 1. The van der Waals surface area contributed by atoms with Gasteiger partial charge in [0, 0.05) is 32.8 Å². The summed E-state index contributed by atoms with van der Waals surface area (Å²) in [6.07, 6.45) is 0.792. The minimum atomic E-state index is -1.01. The second-order valence-electron chi connectivity index (χ2n) is 14.7. The number of benzene rings is 5. The van der Waals surface area contributed by atoms with Crippen LogP contribution in [0.1, 0.15) is 39.6 Å². The van der Waals surface area contributed by atoms with E-state index in [1.54, 1.807) is 11.5 Å². The lowest BCUT2D eigenvalue weighted by molar-refractivity contribution is -0.154. The Morgan fingerprint density at radius 2 is 1.34 bits per heavy atom. The second kappa shape index (κ2) is 19.2. The summed E-state index contributed by atoms with van der Waals surface area (Å²) in [7, 11) is 1.34. The lowest BCUT2D eigenvalue weighted by Gasteiger charge is -2.49. The van der Waals surface area contributed by atoms with Crippen LogP contribution in [0.15, 0.2) is 184 Å². The van der Waals surface area contributed by atoms with Crippen LogP contribution in [0.4, 0.5) is 5.13 Å². The Bertz CT molecular complexity index is 2630. The van der Waals surface area contributed by atoms with E-state index in [0.717, 1.165) is 32.7 Å². The molecule has 15 heteroatoms. The second-order valence-corrected chi connectivity index (χ2v) is 18.9. The van der Waals surface area contributed by atoms with Gasteiger partial charge in [-0.2, -0.15) is 0 Å². The zero-order valence-corrected chi connectivity index (χ0v) is 37.4. The van der Waals surface area contributed by atoms with E-state index in [-0.39, 0.29) is 22.2 Å². The molecule has 0 spiro atoms. The number of hydrogen-bond donors (Lipinski definition) is 2.